The summed E-state index contributed by atoms with van der Waals surface area (Å²) in [6.07, 6.45) is 5.96. The van der Waals surface area contributed by atoms with Crippen molar-refractivity contribution in [1.29, 1.82) is 0 Å². The van der Waals surface area contributed by atoms with E-state index in [1.807, 2.05) is 13.0 Å². The normalized spacial score (nSPS) is 21.6. The Morgan fingerprint density at radius 1 is 1.11 bits per heavy atom. The van der Waals surface area contributed by atoms with Gasteiger partial charge in [0.05, 0.1) is 3.57 Å². The molecule has 0 radical (unpaired) electrons. The molecule has 10 heteroatoms. The minimum absolute atomic E-state index is 0.0902. The van der Waals surface area contributed by atoms with Crippen LogP contribution in [-0.4, -0.2) is 43.6 Å². The molecule has 5 rings (SSSR count). The van der Waals surface area contributed by atoms with E-state index in [1.54, 1.807) is 17.3 Å². The lowest BCUT2D eigenvalue weighted by molar-refractivity contribution is -0.224. The highest BCUT2D eigenvalue weighted by Crippen LogP contribution is 2.39. The first-order chi connectivity index (χ1) is 16.7. The van der Waals surface area contributed by atoms with Gasteiger partial charge in [0, 0.05) is 50.7 Å². The number of esters is 2. The van der Waals surface area contributed by atoms with E-state index in [-0.39, 0.29) is 25.3 Å². The van der Waals surface area contributed by atoms with Gasteiger partial charge in [-0.3, -0.25) is 9.78 Å². The minimum Gasteiger partial charge on any atom is -0.418 e. The molecule has 1 saturated carbocycles. The van der Waals surface area contributed by atoms with Gasteiger partial charge in [0.1, 0.15) is 11.6 Å². The van der Waals surface area contributed by atoms with E-state index in [0.29, 0.717) is 31.5 Å². The molecule has 35 heavy (non-hydrogen) atoms. The Hall–Kier alpha value is -2.76. The first-order valence-electron chi connectivity index (χ1n) is 11.4. The molecule has 184 valence electrons. The Morgan fingerprint density at radius 3 is 2.40 bits per heavy atom. The van der Waals surface area contributed by atoms with Crippen LogP contribution in [0, 0.1) is 22.1 Å². The van der Waals surface area contributed by atoms with Crippen LogP contribution in [0.4, 0.5) is 8.78 Å². The maximum absolute atomic E-state index is 15.0. The quantitative estimate of drug-likeness (QED) is 0.303. The van der Waals surface area contributed by atoms with Crippen LogP contribution < -0.4 is 0 Å². The number of hydrogen-bond donors (Lipinski definition) is 0. The van der Waals surface area contributed by atoms with Gasteiger partial charge in [0.25, 0.3) is 5.79 Å². The molecule has 3 fully saturated rings. The van der Waals surface area contributed by atoms with Gasteiger partial charge in [-0.05, 0) is 54.7 Å². The van der Waals surface area contributed by atoms with Crippen LogP contribution in [0.2, 0.25) is 0 Å². The molecule has 2 aromatic rings. The number of ether oxygens (including phenoxy) is 2. The van der Waals surface area contributed by atoms with Crippen LogP contribution in [0.15, 0.2) is 30.6 Å². The monoisotopic (exact) mass is 596 g/mol. The number of likely N-dealkylation sites (tertiary alicyclic amines) is 1. The molecule has 0 bridgehead atoms. The van der Waals surface area contributed by atoms with Gasteiger partial charge < -0.3 is 14.4 Å². The minimum atomic E-state index is -1.80. The molecule has 1 aliphatic carbocycles. The summed E-state index contributed by atoms with van der Waals surface area (Å²) in [5, 5.41) is 0. The molecular formula is C25H23F2IN2O5. The van der Waals surface area contributed by atoms with Crippen LogP contribution in [0.25, 0.3) is 0 Å². The molecule has 0 unspecified atom stereocenters. The van der Waals surface area contributed by atoms with E-state index < -0.39 is 50.1 Å². The van der Waals surface area contributed by atoms with Crippen molar-refractivity contribution in [2.75, 3.05) is 6.54 Å². The first kappa shape index (κ1) is 24.0. The Balaban J connectivity index is 1.35. The lowest BCUT2D eigenvalue weighted by atomic mass is 9.98. The maximum atomic E-state index is 15.0. The fourth-order valence-electron chi connectivity index (χ4n) is 4.76. The van der Waals surface area contributed by atoms with E-state index >= 15 is 8.78 Å². The van der Waals surface area contributed by atoms with Gasteiger partial charge in [-0.25, -0.2) is 18.4 Å². The second kappa shape index (κ2) is 9.36. The number of rotatable bonds is 4. The largest absolute Gasteiger partial charge is 0.418 e. The number of amides is 1. The van der Waals surface area contributed by atoms with Gasteiger partial charge in [-0.2, -0.15) is 0 Å². The lowest BCUT2D eigenvalue weighted by Crippen LogP contribution is -2.48. The van der Waals surface area contributed by atoms with Gasteiger partial charge in [0.2, 0.25) is 5.91 Å². The summed E-state index contributed by atoms with van der Waals surface area (Å²) in [4.78, 5) is 43.3. The number of aryl methyl sites for hydroxylation is 1. The van der Waals surface area contributed by atoms with Crippen molar-refractivity contribution in [3.05, 3.63) is 62.5 Å². The topological polar surface area (TPSA) is 85.8 Å². The van der Waals surface area contributed by atoms with Gasteiger partial charge in [-0.15, -0.1) is 0 Å². The van der Waals surface area contributed by atoms with Gasteiger partial charge >= 0.3 is 11.9 Å². The molecule has 3 heterocycles. The second-order valence-corrected chi connectivity index (χ2v) is 11.8. The summed E-state index contributed by atoms with van der Waals surface area (Å²) in [5.41, 5.74) is 2.30. The maximum Gasteiger partial charge on any atom is 0.354 e. The average Bonchev–Trinajstić information content (AvgIpc) is 3.40. The van der Waals surface area contributed by atoms with Crippen LogP contribution in [-0.2, 0) is 30.4 Å². The smallest absolute Gasteiger partial charge is 0.354 e. The van der Waals surface area contributed by atoms with Crippen molar-refractivity contribution in [2.45, 2.75) is 57.3 Å². The molecule has 1 atom stereocenters. The van der Waals surface area contributed by atoms with Crippen LogP contribution in [0.3, 0.4) is 0 Å². The van der Waals surface area contributed by atoms with E-state index in [1.165, 1.54) is 12.1 Å². The van der Waals surface area contributed by atoms with E-state index in [9.17, 15) is 14.4 Å². The van der Waals surface area contributed by atoms with Gasteiger partial charge in [-0.1, -0.05) is 20.7 Å². The number of carbonyl (C=O) groups excluding carboxylic acids is 3. The number of carbonyl (C=O) groups is 3. The van der Waals surface area contributed by atoms with Crippen molar-refractivity contribution in [1.82, 2.24) is 9.88 Å². The number of nitrogens with zero attached hydrogens (tertiary/aromatic N) is 2. The molecule has 1 aromatic heterocycles. The number of benzene rings is 1. The molecule has 1 amide bonds. The van der Waals surface area contributed by atoms with Gasteiger partial charge in [0.15, 0.2) is 3.51 Å². The Morgan fingerprint density at radius 2 is 1.77 bits per heavy atom. The molecule has 0 N–H and O–H groups in total. The zero-order valence-corrected chi connectivity index (χ0v) is 21.1. The van der Waals surface area contributed by atoms with E-state index in [0.717, 1.165) is 24.0 Å². The summed E-state index contributed by atoms with van der Waals surface area (Å²) in [5.74, 6) is -5.04. The third-order valence-corrected chi connectivity index (χ3v) is 9.65. The summed E-state index contributed by atoms with van der Waals surface area (Å²) < 4.78 is 40.2. The standard InChI is InChI=1S/C25H23F2IN2O5/c1-14-11-29-7-4-15(14)12-30-13-17(10-20(30)31)16-8-18(26)21(19(27)9-16)28-22-23(32)34-25(35-24(22)33)5-2-3-6-25/h4,7-9,11,17H,2-3,5-6,10,12-13H2,1H3/t17-/m0/s1. The highest BCUT2D eigenvalue weighted by atomic mass is 127. The van der Waals surface area contributed by atoms with Crippen LogP contribution in [0.1, 0.15) is 54.7 Å². The molecule has 1 spiro atoms. The molecule has 2 saturated heterocycles. The zero-order chi connectivity index (χ0) is 24.7. The van der Waals surface area contributed by atoms with E-state index in [4.69, 9.17) is 9.47 Å². The molecule has 2 aliphatic heterocycles. The number of pyridine rings is 1. The van der Waals surface area contributed by atoms with Crippen molar-refractivity contribution in [3.8, 4) is 0 Å². The van der Waals surface area contributed by atoms with Crippen LogP contribution >= 0.6 is 20.7 Å². The highest BCUT2D eigenvalue weighted by molar-refractivity contribution is 14.2. The fraction of sp³-hybridized carbons (Fsp3) is 0.400. The molecular weight excluding hydrogens is 573 g/mol. The number of halogens is 3. The SMILES string of the molecule is Cc1cnccc1CN1C[C@@H](c2cc(F)c(I=C3C(=O)OC4(CCCC4)OC3=O)c(F)c2)CC1=O. The number of hydrogen-bond acceptors (Lipinski definition) is 6. The third-order valence-electron chi connectivity index (χ3n) is 6.66. The lowest BCUT2D eigenvalue weighted by Gasteiger charge is -2.32. The summed E-state index contributed by atoms with van der Waals surface area (Å²) in [6, 6.07) is 4.26. The third kappa shape index (κ3) is 4.72. The predicted molar refractivity (Wildman–Crippen MR) is 129 cm³/mol. The fourth-order valence-corrected chi connectivity index (χ4v) is 6.78. The zero-order valence-electron chi connectivity index (χ0n) is 19.0. The van der Waals surface area contributed by atoms with Crippen molar-refractivity contribution in [3.63, 3.8) is 0 Å². The Labute approximate surface area is 210 Å². The summed E-state index contributed by atoms with van der Waals surface area (Å²) in [7, 11) is 0. The second-order valence-electron chi connectivity index (χ2n) is 9.08. The number of aromatic nitrogens is 1. The highest BCUT2D eigenvalue weighted by Gasteiger charge is 2.48. The molecule has 7 nitrogen and oxygen atoms in total. The van der Waals surface area contributed by atoms with Crippen molar-refractivity contribution in [2.24, 2.45) is 0 Å². The molecule has 1 aromatic carbocycles. The Kier molecular flexibility index (Phi) is 6.41. The van der Waals surface area contributed by atoms with E-state index in [2.05, 4.69) is 4.98 Å². The predicted octanol–water partition coefficient (Wildman–Crippen LogP) is 3.87. The van der Waals surface area contributed by atoms with Crippen molar-refractivity contribution < 1.29 is 32.6 Å². The molecule has 3 aliphatic rings. The van der Waals surface area contributed by atoms with Crippen molar-refractivity contribution >= 4 is 42.1 Å². The Bertz CT molecular complexity index is 1210. The summed E-state index contributed by atoms with van der Waals surface area (Å²) in [6.45, 7) is 2.66. The summed E-state index contributed by atoms with van der Waals surface area (Å²) >= 11 is -1.80. The average molecular weight is 596 g/mol. The first-order valence-corrected chi connectivity index (χ1v) is 13.5. The van der Waals surface area contributed by atoms with Crippen LogP contribution in [0.5, 0.6) is 0 Å².